The minimum absolute atomic E-state index is 0.153. The van der Waals surface area contributed by atoms with Crippen LogP contribution in [0.25, 0.3) is 0 Å². The summed E-state index contributed by atoms with van der Waals surface area (Å²) >= 11 is 1.13. The molecule has 94 valence electrons. The molecule has 1 aromatic rings. The van der Waals surface area contributed by atoms with E-state index in [0.29, 0.717) is 5.56 Å². The largest absolute Gasteiger partial charge is 0.477 e. The molecule has 0 saturated heterocycles. The van der Waals surface area contributed by atoms with Gasteiger partial charge in [-0.3, -0.25) is 0 Å². The van der Waals surface area contributed by atoms with E-state index in [2.05, 4.69) is 5.32 Å². The molecule has 0 fully saturated rings. The lowest BCUT2D eigenvalue weighted by atomic mass is 10.2. The molecule has 0 unspecified atom stereocenters. The first-order valence-electron chi connectivity index (χ1n) is 5.06. The number of thiophene rings is 1. The van der Waals surface area contributed by atoms with Crippen LogP contribution in [0.2, 0.25) is 0 Å². The summed E-state index contributed by atoms with van der Waals surface area (Å²) < 4.78 is 5.04. The Kier molecular flexibility index (Phi) is 4.11. The molecule has 1 amide bonds. The van der Waals surface area contributed by atoms with Crippen molar-refractivity contribution in [3.05, 3.63) is 21.9 Å². The Morgan fingerprint density at radius 2 is 2.12 bits per heavy atom. The number of rotatable bonds is 3. The molecule has 0 bridgehead atoms. The van der Waals surface area contributed by atoms with Crippen LogP contribution in [0.3, 0.4) is 0 Å². The zero-order valence-electron chi connectivity index (χ0n) is 9.94. The monoisotopic (exact) mass is 257 g/mol. The third-order valence-corrected chi connectivity index (χ3v) is 2.71. The molecular weight excluding hydrogens is 242 g/mol. The lowest BCUT2D eigenvalue weighted by Crippen LogP contribution is -2.32. The molecule has 0 radical (unpaired) electrons. The van der Waals surface area contributed by atoms with Gasteiger partial charge in [-0.1, -0.05) is 0 Å². The molecule has 1 aromatic heterocycles. The van der Waals surface area contributed by atoms with Crippen molar-refractivity contribution in [2.45, 2.75) is 32.9 Å². The number of carbonyl (C=O) groups excluding carboxylic acids is 1. The maximum Gasteiger partial charge on any atom is 0.407 e. The van der Waals surface area contributed by atoms with Crippen LogP contribution in [0, 0.1) is 0 Å². The summed E-state index contributed by atoms with van der Waals surface area (Å²) in [6, 6.07) is 1.67. The Morgan fingerprint density at radius 3 is 2.65 bits per heavy atom. The number of amides is 1. The van der Waals surface area contributed by atoms with Crippen molar-refractivity contribution < 1.29 is 19.4 Å². The molecule has 5 nitrogen and oxygen atoms in total. The highest BCUT2D eigenvalue weighted by Crippen LogP contribution is 2.16. The smallest absolute Gasteiger partial charge is 0.407 e. The van der Waals surface area contributed by atoms with Crippen molar-refractivity contribution in [1.29, 1.82) is 0 Å². The van der Waals surface area contributed by atoms with Crippen LogP contribution in [0.4, 0.5) is 4.79 Å². The average Bonchev–Trinajstić information content (AvgIpc) is 2.59. The van der Waals surface area contributed by atoms with E-state index < -0.39 is 17.7 Å². The summed E-state index contributed by atoms with van der Waals surface area (Å²) in [6.45, 7) is 5.44. The van der Waals surface area contributed by atoms with E-state index in [1.807, 2.05) is 0 Å². The molecule has 17 heavy (non-hydrogen) atoms. The minimum atomic E-state index is -0.985. The fourth-order valence-corrected chi connectivity index (χ4v) is 1.90. The van der Waals surface area contributed by atoms with Crippen molar-refractivity contribution in [3.8, 4) is 0 Å². The zero-order chi connectivity index (χ0) is 13.1. The Labute approximate surface area is 103 Å². The van der Waals surface area contributed by atoms with Gasteiger partial charge in [0, 0.05) is 6.54 Å². The Hall–Kier alpha value is -1.56. The van der Waals surface area contributed by atoms with Crippen LogP contribution in [0.1, 0.15) is 36.0 Å². The minimum Gasteiger partial charge on any atom is -0.477 e. The lowest BCUT2D eigenvalue weighted by molar-refractivity contribution is 0.0521. The molecule has 0 atom stereocenters. The van der Waals surface area contributed by atoms with Gasteiger partial charge in [0.25, 0.3) is 0 Å². The molecule has 0 aliphatic carbocycles. The molecule has 0 aliphatic heterocycles. The van der Waals surface area contributed by atoms with Crippen LogP contribution in [-0.4, -0.2) is 22.8 Å². The van der Waals surface area contributed by atoms with E-state index in [1.165, 1.54) is 0 Å². The van der Waals surface area contributed by atoms with Crippen molar-refractivity contribution in [3.63, 3.8) is 0 Å². The maximum absolute atomic E-state index is 11.4. The van der Waals surface area contributed by atoms with Crippen LogP contribution >= 0.6 is 11.3 Å². The predicted molar refractivity (Wildman–Crippen MR) is 64.4 cm³/mol. The van der Waals surface area contributed by atoms with E-state index in [9.17, 15) is 9.59 Å². The van der Waals surface area contributed by atoms with Gasteiger partial charge in [-0.2, -0.15) is 0 Å². The predicted octanol–water partition coefficient (Wildman–Crippen LogP) is 2.47. The molecule has 1 heterocycles. The zero-order valence-corrected chi connectivity index (χ0v) is 10.8. The molecule has 6 heteroatoms. The first kappa shape index (κ1) is 13.5. The number of hydrogen-bond acceptors (Lipinski definition) is 4. The van der Waals surface area contributed by atoms with Gasteiger partial charge in [-0.25, -0.2) is 9.59 Å². The molecule has 0 saturated carbocycles. The van der Waals surface area contributed by atoms with Crippen molar-refractivity contribution in [1.82, 2.24) is 5.32 Å². The molecule has 0 aromatic carbocycles. The molecule has 0 spiro atoms. The maximum atomic E-state index is 11.4. The highest BCUT2D eigenvalue weighted by Gasteiger charge is 2.17. The second-order valence-electron chi connectivity index (χ2n) is 4.44. The summed E-state index contributed by atoms with van der Waals surface area (Å²) in [6.07, 6.45) is -0.556. The van der Waals surface area contributed by atoms with Gasteiger partial charge in [-0.05, 0) is 37.8 Å². The first-order chi connectivity index (χ1) is 7.79. The molecule has 0 aliphatic rings. The fourth-order valence-electron chi connectivity index (χ4n) is 1.14. The van der Waals surface area contributed by atoms with Crippen molar-refractivity contribution in [2.75, 3.05) is 0 Å². The van der Waals surface area contributed by atoms with Crippen molar-refractivity contribution in [2.24, 2.45) is 0 Å². The van der Waals surface area contributed by atoms with Gasteiger partial charge in [0.1, 0.15) is 10.5 Å². The Balaban J connectivity index is 2.53. The Bertz CT molecular complexity index is 419. The fraction of sp³-hybridized carbons (Fsp3) is 0.455. The van der Waals surface area contributed by atoms with Gasteiger partial charge in [0.05, 0.1) is 0 Å². The number of carbonyl (C=O) groups is 2. The number of aromatic carboxylic acids is 1. The van der Waals surface area contributed by atoms with Gasteiger partial charge in [-0.15, -0.1) is 11.3 Å². The van der Waals surface area contributed by atoms with Crippen molar-refractivity contribution >= 4 is 23.4 Å². The third-order valence-electron chi connectivity index (χ3n) is 1.76. The quantitative estimate of drug-likeness (QED) is 0.872. The molecular formula is C11H15NO4S. The van der Waals surface area contributed by atoms with Crippen LogP contribution in [0.15, 0.2) is 11.4 Å². The van der Waals surface area contributed by atoms with Gasteiger partial charge < -0.3 is 15.2 Å². The third kappa shape index (κ3) is 4.44. The summed E-state index contributed by atoms with van der Waals surface area (Å²) in [5, 5.41) is 13.1. The number of carboxylic acids is 1. The van der Waals surface area contributed by atoms with Crippen LogP contribution in [-0.2, 0) is 11.3 Å². The van der Waals surface area contributed by atoms with Gasteiger partial charge >= 0.3 is 12.1 Å². The van der Waals surface area contributed by atoms with E-state index in [1.54, 1.807) is 32.2 Å². The van der Waals surface area contributed by atoms with E-state index in [4.69, 9.17) is 9.84 Å². The number of hydrogen-bond donors (Lipinski definition) is 2. The summed E-state index contributed by atoms with van der Waals surface area (Å²) in [5.41, 5.74) is 0.0160. The highest BCUT2D eigenvalue weighted by molar-refractivity contribution is 7.12. The Morgan fingerprint density at radius 1 is 1.47 bits per heavy atom. The lowest BCUT2D eigenvalue weighted by Gasteiger charge is -2.19. The second kappa shape index (κ2) is 5.18. The standard InChI is InChI=1S/C11H15NO4S/c1-11(2,3)16-10(15)12-6-7-4-5-17-8(7)9(13)14/h4-5H,6H2,1-3H3,(H,12,15)(H,13,14). The summed E-state index contributed by atoms with van der Waals surface area (Å²) in [7, 11) is 0. The van der Waals surface area contributed by atoms with E-state index >= 15 is 0 Å². The normalized spacial score (nSPS) is 11.0. The molecule has 2 N–H and O–H groups in total. The number of carboxylic acid groups (broad SMARTS) is 1. The number of nitrogens with one attached hydrogen (secondary N) is 1. The van der Waals surface area contributed by atoms with Crippen LogP contribution < -0.4 is 5.32 Å². The number of alkyl carbamates (subject to hydrolysis) is 1. The highest BCUT2D eigenvalue weighted by atomic mass is 32.1. The second-order valence-corrected chi connectivity index (χ2v) is 5.35. The van der Waals surface area contributed by atoms with Gasteiger partial charge in [0.15, 0.2) is 0 Å². The van der Waals surface area contributed by atoms with E-state index in [-0.39, 0.29) is 11.4 Å². The number of ether oxygens (including phenoxy) is 1. The first-order valence-corrected chi connectivity index (χ1v) is 5.94. The van der Waals surface area contributed by atoms with Gasteiger partial charge in [0.2, 0.25) is 0 Å². The SMILES string of the molecule is CC(C)(C)OC(=O)NCc1ccsc1C(=O)O. The van der Waals surface area contributed by atoms with E-state index in [0.717, 1.165) is 11.3 Å². The average molecular weight is 257 g/mol. The van der Waals surface area contributed by atoms with Crippen LogP contribution in [0.5, 0.6) is 0 Å². The topological polar surface area (TPSA) is 75.6 Å². The molecule has 1 rings (SSSR count). The summed E-state index contributed by atoms with van der Waals surface area (Å²) in [4.78, 5) is 22.4. The summed E-state index contributed by atoms with van der Waals surface area (Å²) in [5.74, 6) is -0.985.